The quantitative estimate of drug-likeness (QED) is 0.745. The zero-order valence-electron chi connectivity index (χ0n) is 8.46. The van der Waals surface area contributed by atoms with Crippen LogP contribution in [0.3, 0.4) is 0 Å². The molecule has 1 N–H and O–H groups in total. The lowest BCUT2D eigenvalue weighted by atomic mass is 9.92. The fourth-order valence-electron chi connectivity index (χ4n) is 1.70. The minimum atomic E-state index is 0.357. The average Bonchev–Trinajstić information content (AvgIpc) is 2.16. The van der Waals surface area contributed by atoms with Crippen LogP contribution in [0, 0.1) is 0 Å². The van der Waals surface area contributed by atoms with Crippen molar-refractivity contribution in [3.63, 3.8) is 0 Å². The average molecular weight is 178 g/mol. The molecule has 0 fully saturated rings. The number of phenolic OH excluding ortho intramolecular Hbond substituents is 1. The molecule has 13 heavy (non-hydrogen) atoms. The van der Waals surface area contributed by atoms with Crippen LogP contribution in [0.5, 0.6) is 5.75 Å². The summed E-state index contributed by atoms with van der Waals surface area (Å²) in [6, 6.07) is 7.60. The number of rotatable bonds is 4. The Balaban J connectivity index is 2.73. The Morgan fingerprint density at radius 2 is 1.77 bits per heavy atom. The smallest absolute Gasteiger partial charge is 0.115 e. The van der Waals surface area contributed by atoms with Gasteiger partial charge in [-0.25, -0.2) is 0 Å². The SMILES string of the molecule is CCCC(CC)c1ccc(O)cc1. The van der Waals surface area contributed by atoms with Gasteiger partial charge in [-0.15, -0.1) is 0 Å². The van der Waals surface area contributed by atoms with Crippen LogP contribution in [0.4, 0.5) is 0 Å². The number of hydrogen-bond donors (Lipinski definition) is 1. The molecule has 0 aliphatic rings. The highest BCUT2D eigenvalue weighted by molar-refractivity contribution is 5.28. The summed E-state index contributed by atoms with van der Waals surface area (Å²) in [4.78, 5) is 0. The lowest BCUT2D eigenvalue weighted by molar-refractivity contribution is 0.474. The molecule has 1 heteroatoms. The van der Waals surface area contributed by atoms with Crippen LogP contribution in [-0.4, -0.2) is 5.11 Å². The lowest BCUT2D eigenvalue weighted by Crippen LogP contribution is -1.95. The van der Waals surface area contributed by atoms with Crippen molar-refractivity contribution >= 4 is 0 Å². The summed E-state index contributed by atoms with van der Waals surface area (Å²) < 4.78 is 0. The fourth-order valence-corrected chi connectivity index (χ4v) is 1.70. The van der Waals surface area contributed by atoms with Crippen molar-refractivity contribution in [1.29, 1.82) is 0 Å². The van der Waals surface area contributed by atoms with Gasteiger partial charge >= 0.3 is 0 Å². The Bertz CT molecular complexity index is 238. The van der Waals surface area contributed by atoms with E-state index in [2.05, 4.69) is 13.8 Å². The third kappa shape index (κ3) is 2.76. The third-order valence-corrected chi connectivity index (χ3v) is 2.49. The lowest BCUT2D eigenvalue weighted by Gasteiger charge is -2.13. The fraction of sp³-hybridized carbons (Fsp3) is 0.500. The molecule has 0 amide bonds. The highest BCUT2D eigenvalue weighted by atomic mass is 16.3. The Kier molecular flexibility index (Phi) is 3.81. The molecule has 0 saturated carbocycles. The number of hydrogen-bond acceptors (Lipinski definition) is 1. The van der Waals surface area contributed by atoms with Crippen molar-refractivity contribution in [1.82, 2.24) is 0 Å². The van der Waals surface area contributed by atoms with Crippen molar-refractivity contribution in [2.24, 2.45) is 0 Å². The molecule has 0 aliphatic carbocycles. The zero-order valence-corrected chi connectivity index (χ0v) is 8.46. The summed E-state index contributed by atoms with van der Waals surface area (Å²) in [5.74, 6) is 1.01. The van der Waals surface area contributed by atoms with Crippen LogP contribution in [-0.2, 0) is 0 Å². The number of aromatic hydroxyl groups is 1. The summed E-state index contributed by atoms with van der Waals surface area (Å²) in [6.45, 7) is 4.43. The van der Waals surface area contributed by atoms with Crippen molar-refractivity contribution in [3.8, 4) is 5.75 Å². The monoisotopic (exact) mass is 178 g/mol. The summed E-state index contributed by atoms with van der Waals surface area (Å²) in [5.41, 5.74) is 1.35. The molecule has 72 valence electrons. The normalized spacial score (nSPS) is 12.8. The Hall–Kier alpha value is -0.980. The zero-order chi connectivity index (χ0) is 9.68. The van der Waals surface area contributed by atoms with Crippen LogP contribution >= 0.6 is 0 Å². The molecule has 0 heterocycles. The molecular weight excluding hydrogens is 160 g/mol. The van der Waals surface area contributed by atoms with E-state index >= 15 is 0 Å². The third-order valence-electron chi connectivity index (χ3n) is 2.49. The van der Waals surface area contributed by atoms with E-state index in [1.165, 1.54) is 24.8 Å². The summed E-state index contributed by atoms with van der Waals surface area (Å²) >= 11 is 0. The maximum Gasteiger partial charge on any atom is 0.115 e. The largest absolute Gasteiger partial charge is 0.508 e. The predicted molar refractivity (Wildman–Crippen MR) is 56.0 cm³/mol. The topological polar surface area (TPSA) is 20.2 Å². The van der Waals surface area contributed by atoms with E-state index < -0.39 is 0 Å². The van der Waals surface area contributed by atoms with Gasteiger partial charge in [-0.05, 0) is 36.5 Å². The summed E-state index contributed by atoms with van der Waals surface area (Å²) in [7, 11) is 0. The second kappa shape index (κ2) is 4.90. The molecule has 1 atom stereocenters. The molecule has 0 saturated heterocycles. The molecule has 1 unspecified atom stereocenters. The van der Waals surface area contributed by atoms with Crippen molar-refractivity contribution in [2.45, 2.75) is 39.0 Å². The van der Waals surface area contributed by atoms with Gasteiger partial charge in [0.05, 0.1) is 0 Å². The first-order chi connectivity index (χ1) is 6.27. The van der Waals surface area contributed by atoms with Gasteiger partial charge in [0, 0.05) is 0 Å². The van der Waals surface area contributed by atoms with Crippen molar-refractivity contribution in [2.75, 3.05) is 0 Å². The van der Waals surface area contributed by atoms with Crippen LogP contribution in [0.15, 0.2) is 24.3 Å². The highest BCUT2D eigenvalue weighted by Crippen LogP contribution is 2.25. The Morgan fingerprint density at radius 3 is 2.23 bits per heavy atom. The minimum Gasteiger partial charge on any atom is -0.508 e. The van der Waals surface area contributed by atoms with E-state index in [1.807, 2.05) is 12.1 Å². The molecule has 0 bridgehead atoms. The van der Waals surface area contributed by atoms with E-state index in [0.29, 0.717) is 11.7 Å². The minimum absolute atomic E-state index is 0.357. The van der Waals surface area contributed by atoms with Crippen LogP contribution in [0.1, 0.15) is 44.6 Å². The van der Waals surface area contributed by atoms with Gasteiger partial charge in [-0.3, -0.25) is 0 Å². The Morgan fingerprint density at radius 1 is 1.15 bits per heavy atom. The van der Waals surface area contributed by atoms with Crippen LogP contribution in [0.2, 0.25) is 0 Å². The van der Waals surface area contributed by atoms with E-state index in [9.17, 15) is 0 Å². The van der Waals surface area contributed by atoms with E-state index in [-0.39, 0.29) is 0 Å². The predicted octanol–water partition coefficient (Wildman–Crippen LogP) is 3.69. The molecule has 1 rings (SSSR count). The summed E-state index contributed by atoms with van der Waals surface area (Å²) in [6.07, 6.45) is 3.64. The van der Waals surface area contributed by atoms with Crippen LogP contribution in [0.25, 0.3) is 0 Å². The first-order valence-corrected chi connectivity index (χ1v) is 5.06. The van der Waals surface area contributed by atoms with Crippen molar-refractivity contribution < 1.29 is 5.11 Å². The maximum absolute atomic E-state index is 9.14. The highest BCUT2D eigenvalue weighted by Gasteiger charge is 2.07. The van der Waals surface area contributed by atoms with Gasteiger partial charge in [0.2, 0.25) is 0 Å². The van der Waals surface area contributed by atoms with Gasteiger partial charge < -0.3 is 5.11 Å². The van der Waals surface area contributed by atoms with Crippen LogP contribution < -0.4 is 0 Å². The maximum atomic E-state index is 9.14. The number of benzene rings is 1. The number of phenols is 1. The summed E-state index contributed by atoms with van der Waals surface area (Å²) in [5, 5.41) is 9.14. The van der Waals surface area contributed by atoms with Gasteiger partial charge in [0.25, 0.3) is 0 Å². The molecule has 0 aromatic heterocycles. The molecule has 0 spiro atoms. The van der Waals surface area contributed by atoms with E-state index in [4.69, 9.17) is 5.11 Å². The van der Waals surface area contributed by atoms with Gasteiger partial charge in [0.15, 0.2) is 0 Å². The van der Waals surface area contributed by atoms with E-state index in [0.717, 1.165) is 0 Å². The Labute approximate surface area is 80.4 Å². The van der Waals surface area contributed by atoms with Gasteiger partial charge in [0.1, 0.15) is 5.75 Å². The molecule has 0 radical (unpaired) electrons. The molecule has 1 nitrogen and oxygen atoms in total. The standard InChI is InChI=1S/C12H18O/c1-3-5-10(4-2)11-6-8-12(13)9-7-11/h6-10,13H,3-5H2,1-2H3. The second-order valence-corrected chi connectivity index (χ2v) is 3.49. The molecule has 0 aliphatic heterocycles. The van der Waals surface area contributed by atoms with Crippen molar-refractivity contribution in [3.05, 3.63) is 29.8 Å². The molecule has 1 aromatic carbocycles. The molecule has 1 aromatic rings. The first kappa shape index (κ1) is 10.1. The van der Waals surface area contributed by atoms with Gasteiger partial charge in [-0.2, -0.15) is 0 Å². The van der Waals surface area contributed by atoms with Gasteiger partial charge in [-0.1, -0.05) is 32.4 Å². The molecular formula is C12H18O. The first-order valence-electron chi connectivity index (χ1n) is 5.06. The van der Waals surface area contributed by atoms with E-state index in [1.54, 1.807) is 12.1 Å². The second-order valence-electron chi connectivity index (χ2n) is 3.49.